The SMILES string of the molecule is C=COP(=O)(O)C=CC=CC. The molecular formula is C7H11O3P. The second-order valence-electron chi connectivity index (χ2n) is 1.70. The molecule has 0 saturated carbocycles. The minimum absolute atomic E-state index is 0.945. The van der Waals surface area contributed by atoms with Crippen LogP contribution in [0.15, 0.2) is 36.9 Å². The summed E-state index contributed by atoms with van der Waals surface area (Å²) in [4.78, 5) is 8.88. The van der Waals surface area contributed by atoms with Crippen molar-refractivity contribution in [3.8, 4) is 0 Å². The highest BCUT2D eigenvalue weighted by atomic mass is 31.2. The minimum atomic E-state index is -3.57. The van der Waals surface area contributed by atoms with Crippen molar-refractivity contribution in [2.45, 2.75) is 6.92 Å². The van der Waals surface area contributed by atoms with E-state index in [0.717, 1.165) is 12.1 Å². The lowest BCUT2D eigenvalue weighted by Crippen LogP contribution is -1.74. The fraction of sp³-hybridized carbons (Fsp3) is 0.143. The third kappa shape index (κ3) is 5.64. The highest BCUT2D eigenvalue weighted by molar-refractivity contribution is 7.56. The van der Waals surface area contributed by atoms with E-state index in [1.165, 1.54) is 6.08 Å². The molecule has 0 rings (SSSR count). The largest absolute Gasteiger partial charge is 0.430 e. The van der Waals surface area contributed by atoms with Crippen molar-refractivity contribution in [2.75, 3.05) is 0 Å². The van der Waals surface area contributed by atoms with Gasteiger partial charge in [0.2, 0.25) is 0 Å². The van der Waals surface area contributed by atoms with Crippen LogP contribution >= 0.6 is 7.60 Å². The summed E-state index contributed by atoms with van der Waals surface area (Å²) in [5, 5.41) is 0. The van der Waals surface area contributed by atoms with E-state index in [1.807, 2.05) is 0 Å². The van der Waals surface area contributed by atoms with E-state index in [4.69, 9.17) is 4.89 Å². The Morgan fingerprint density at radius 2 is 2.18 bits per heavy atom. The molecular weight excluding hydrogens is 163 g/mol. The van der Waals surface area contributed by atoms with Crippen molar-refractivity contribution in [3.63, 3.8) is 0 Å². The third-order valence-electron chi connectivity index (χ3n) is 0.804. The van der Waals surface area contributed by atoms with E-state index < -0.39 is 7.60 Å². The van der Waals surface area contributed by atoms with Crippen molar-refractivity contribution >= 4 is 7.60 Å². The first-order valence-corrected chi connectivity index (χ1v) is 4.69. The van der Waals surface area contributed by atoms with Crippen molar-refractivity contribution in [3.05, 3.63) is 36.9 Å². The molecule has 0 spiro atoms. The van der Waals surface area contributed by atoms with Crippen LogP contribution in [0.4, 0.5) is 0 Å². The van der Waals surface area contributed by atoms with Gasteiger partial charge >= 0.3 is 7.60 Å². The lowest BCUT2D eigenvalue weighted by molar-refractivity contribution is 0.361. The summed E-state index contributed by atoms with van der Waals surface area (Å²) in [6.07, 6.45) is 5.77. The molecule has 62 valence electrons. The van der Waals surface area contributed by atoms with Gasteiger partial charge in [0.25, 0.3) is 0 Å². The first kappa shape index (κ1) is 10.2. The van der Waals surface area contributed by atoms with Crippen molar-refractivity contribution in [2.24, 2.45) is 0 Å². The summed E-state index contributed by atoms with van der Waals surface area (Å²) in [5.41, 5.74) is 0. The minimum Gasteiger partial charge on any atom is -0.430 e. The van der Waals surface area contributed by atoms with Crippen molar-refractivity contribution < 1.29 is 14.0 Å². The lowest BCUT2D eigenvalue weighted by atomic mass is 10.5. The molecule has 3 nitrogen and oxygen atoms in total. The summed E-state index contributed by atoms with van der Waals surface area (Å²) < 4.78 is 15.2. The maximum Gasteiger partial charge on any atom is 0.400 e. The number of hydrogen-bond donors (Lipinski definition) is 1. The molecule has 1 unspecified atom stereocenters. The molecule has 11 heavy (non-hydrogen) atoms. The van der Waals surface area contributed by atoms with Gasteiger partial charge in [-0.05, 0) is 6.92 Å². The zero-order chi connectivity index (χ0) is 8.74. The van der Waals surface area contributed by atoms with Crippen LogP contribution in [-0.2, 0) is 9.09 Å². The van der Waals surface area contributed by atoms with E-state index in [9.17, 15) is 4.57 Å². The second kappa shape index (κ2) is 4.94. The van der Waals surface area contributed by atoms with Gasteiger partial charge in [0.15, 0.2) is 0 Å². The molecule has 0 aromatic carbocycles. The summed E-state index contributed by atoms with van der Waals surface area (Å²) >= 11 is 0. The molecule has 0 bridgehead atoms. The molecule has 1 atom stereocenters. The predicted molar refractivity (Wildman–Crippen MR) is 45.1 cm³/mol. The fourth-order valence-corrected chi connectivity index (χ4v) is 1.01. The monoisotopic (exact) mass is 174 g/mol. The Bertz CT molecular complexity index is 218. The van der Waals surface area contributed by atoms with Gasteiger partial charge < -0.3 is 9.42 Å². The summed E-state index contributed by atoms with van der Waals surface area (Å²) in [6, 6.07) is 0. The van der Waals surface area contributed by atoms with Gasteiger partial charge in [-0.2, -0.15) is 0 Å². The first-order valence-electron chi connectivity index (χ1n) is 3.04. The molecule has 0 aliphatic carbocycles. The Labute approximate surface area is 66.2 Å². The Morgan fingerprint density at radius 1 is 1.55 bits per heavy atom. The van der Waals surface area contributed by atoms with Gasteiger partial charge in [-0.3, -0.25) is 0 Å². The third-order valence-corrected chi connectivity index (χ3v) is 1.80. The van der Waals surface area contributed by atoms with E-state index in [0.29, 0.717) is 0 Å². The van der Waals surface area contributed by atoms with Crippen molar-refractivity contribution in [1.82, 2.24) is 0 Å². The summed E-state index contributed by atoms with van der Waals surface area (Å²) in [6.45, 7) is 4.97. The normalized spacial score (nSPS) is 16.9. The molecule has 0 heterocycles. The van der Waals surface area contributed by atoms with E-state index in [2.05, 4.69) is 11.1 Å². The predicted octanol–water partition coefficient (Wildman–Crippen LogP) is 2.42. The topological polar surface area (TPSA) is 46.5 Å². The Kier molecular flexibility index (Phi) is 4.59. The maximum atomic E-state index is 10.8. The molecule has 0 aliphatic heterocycles. The van der Waals surface area contributed by atoms with Gasteiger partial charge in [-0.15, -0.1) is 0 Å². The smallest absolute Gasteiger partial charge is 0.400 e. The van der Waals surface area contributed by atoms with E-state index >= 15 is 0 Å². The molecule has 0 amide bonds. The standard InChI is InChI=1S/C7H11O3P/c1-3-5-6-7-11(8,9)10-4-2/h3-7H,2H2,1H3,(H,8,9). The van der Waals surface area contributed by atoms with Crippen LogP contribution in [0.5, 0.6) is 0 Å². The number of allylic oxidation sites excluding steroid dienone is 3. The molecule has 0 aromatic rings. The Morgan fingerprint density at radius 3 is 2.64 bits per heavy atom. The molecule has 0 fully saturated rings. The van der Waals surface area contributed by atoms with Crippen LogP contribution in [0.2, 0.25) is 0 Å². The van der Waals surface area contributed by atoms with Crippen LogP contribution in [0.3, 0.4) is 0 Å². The van der Waals surface area contributed by atoms with Crippen LogP contribution < -0.4 is 0 Å². The zero-order valence-corrected chi connectivity index (χ0v) is 7.20. The van der Waals surface area contributed by atoms with Crippen LogP contribution in [0, 0.1) is 0 Å². The average molecular weight is 174 g/mol. The quantitative estimate of drug-likeness (QED) is 0.404. The van der Waals surface area contributed by atoms with E-state index in [-0.39, 0.29) is 0 Å². The van der Waals surface area contributed by atoms with Gasteiger partial charge in [0, 0.05) is 5.82 Å². The molecule has 0 radical (unpaired) electrons. The molecule has 4 heteroatoms. The highest BCUT2D eigenvalue weighted by Gasteiger charge is 2.11. The van der Waals surface area contributed by atoms with Crippen LogP contribution in [0.1, 0.15) is 6.92 Å². The molecule has 0 aliphatic rings. The summed E-state index contributed by atoms with van der Waals surface area (Å²) in [5.74, 6) is 1.09. The Hall–Kier alpha value is -0.790. The average Bonchev–Trinajstić information content (AvgIpc) is 1.87. The van der Waals surface area contributed by atoms with Gasteiger partial charge in [-0.25, -0.2) is 4.57 Å². The molecule has 0 aromatic heterocycles. The zero-order valence-electron chi connectivity index (χ0n) is 6.30. The second-order valence-corrected chi connectivity index (χ2v) is 3.34. The van der Waals surface area contributed by atoms with Crippen LogP contribution in [-0.4, -0.2) is 4.89 Å². The number of hydrogen-bond acceptors (Lipinski definition) is 2. The first-order chi connectivity index (χ1) is 5.12. The Balaban J connectivity index is 4.10. The molecule has 0 saturated heterocycles. The number of rotatable bonds is 4. The van der Waals surface area contributed by atoms with E-state index in [1.54, 1.807) is 19.1 Å². The fourth-order valence-electron chi connectivity index (χ4n) is 0.411. The highest BCUT2D eigenvalue weighted by Crippen LogP contribution is 2.43. The molecule has 1 N–H and O–H groups in total. The van der Waals surface area contributed by atoms with Gasteiger partial charge in [0.05, 0.1) is 6.26 Å². The van der Waals surface area contributed by atoms with Crippen LogP contribution in [0.25, 0.3) is 0 Å². The lowest BCUT2D eigenvalue weighted by Gasteiger charge is -2.02. The van der Waals surface area contributed by atoms with Crippen molar-refractivity contribution in [1.29, 1.82) is 0 Å². The van der Waals surface area contributed by atoms with Gasteiger partial charge in [0.1, 0.15) is 0 Å². The van der Waals surface area contributed by atoms with Gasteiger partial charge in [-0.1, -0.05) is 24.8 Å². The maximum absolute atomic E-state index is 10.8. The summed E-state index contributed by atoms with van der Waals surface area (Å²) in [7, 11) is -3.57.